The molecule has 0 aliphatic heterocycles. The molecule has 0 radical (unpaired) electrons. The van der Waals surface area contributed by atoms with Gasteiger partial charge in [0.15, 0.2) is 0 Å². The lowest BCUT2D eigenvalue weighted by Gasteiger charge is -2.44. The van der Waals surface area contributed by atoms with Gasteiger partial charge in [0.05, 0.1) is 0 Å². The lowest BCUT2D eigenvalue weighted by molar-refractivity contribution is 0.0676. The van der Waals surface area contributed by atoms with E-state index in [1.54, 1.807) is 0 Å². The second kappa shape index (κ2) is 10.2. The molecule has 0 heterocycles. The molecule has 0 bridgehead atoms. The van der Waals surface area contributed by atoms with Crippen LogP contribution in [0, 0.1) is 28.1 Å². The Labute approximate surface area is 155 Å². The van der Waals surface area contributed by atoms with Gasteiger partial charge < -0.3 is 0 Å². The Kier molecular flexibility index (Phi) is 10.2. The Morgan fingerprint density at radius 2 is 1.38 bits per heavy atom. The molecule has 146 valence electrons. The summed E-state index contributed by atoms with van der Waals surface area (Å²) in [6.07, 6.45) is 12.5. The van der Waals surface area contributed by atoms with Crippen LogP contribution in [0.4, 0.5) is 0 Å². The first-order valence-electron chi connectivity index (χ1n) is 10.9. The largest absolute Gasteiger partial charge is 0.0654 e. The second-order valence-electron chi connectivity index (χ2n) is 11.0. The third-order valence-electron chi connectivity index (χ3n) is 6.44. The van der Waals surface area contributed by atoms with Gasteiger partial charge in [-0.3, -0.25) is 0 Å². The van der Waals surface area contributed by atoms with Crippen molar-refractivity contribution >= 4 is 0 Å². The van der Waals surface area contributed by atoms with E-state index in [0.717, 1.165) is 11.8 Å². The Morgan fingerprint density at radius 1 is 0.792 bits per heavy atom. The zero-order valence-corrected chi connectivity index (χ0v) is 19.0. The molecule has 0 saturated heterocycles. The highest BCUT2D eigenvalue weighted by Gasteiger charge is 2.38. The number of unbranched alkanes of at least 4 members (excludes halogenated alkanes) is 1. The summed E-state index contributed by atoms with van der Waals surface area (Å²) in [4.78, 5) is 0. The van der Waals surface area contributed by atoms with E-state index in [1.807, 2.05) is 0 Å². The van der Waals surface area contributed by atoms with Gasteiger partial charge in [0.25, 0.3) is 0 Å². The van der Waals surface area contributed by atoms with Gasteiger partial charge in [0.2, 0.25) is 0 Å². The average molecular weight is 339 g/mol. The predicted octanol–water partition coefficient (Wildman–Crippen LogP) is 8.89. The summed E-state index contributed by atoms with van der Waals surface area (Å²) in [7, 11) is 0. The van der Waals surface area contributed by atoms with Gasteiger partial charge in [-0.1, -0.05) is 94.9 Å². The van der Waals surface area contributed by atoms with Gasteiger partial charge >= 0.3 is 0 Å². The molecule has 0 aliphatic carbocycles. The molecule has 0 aromatic carbocycles. The fraction of sp³-hybridized carbons (Fsp3) is 1.00. The van der Waals surface area contributed by atoms with Crippen molar-refractivity contribution in [3.05, 3.63) is 0 Å². The molecule has 0 aromatic heterocycles. The summed E-state index contributed by atoms with van der Waals surface area (Å²) in [5.74, 6) is 1.70. The van der Waals surface area contributed by atoms with Crippen LogP contribution in [0.25, 0.3) is 0 Å². The van der Waals surface area contributed by atoms with Gasteiger partial charge in [-0.05, 0) is 60.2 Å². The minimum atomic E-state index is 0.452. The Morgan fingerprint density at radius 3 is 1.75 bits per heavy atom. The number of hydrogen-bond donors (Lipinski definition) is 0. The van der Waals surface area contributed by atoms with Crippen molar-refractivity contribution in [1.82, 2.24) is 0 Å². The fourth-order valence-corrected chi connectivity index (χ4v) is 4.32. The molecule has 0 amide bonds. The molecular weight excluding hydrogens is 288 g/mol. The Bertz CT molecular complexity index is 317. The lowest BCUT2D eigenvalue weighted by Crippen LogP contribution is -2.33. The first-order chi connectivity index (χ1) is 10.9. The minimum Gasteiger partial charge on any atom is -0.0654 e. The summed E-state index contributed by atoms with van der Waals surface area (Å²) in [6.45, 7) is 24.3. The summed E-state index contributed by atoms with van der Waals surface area (Å²) in [5.41, 5.74) is 1.47. The summed E-state index contributed by atoms with van der Waals surface area (Å²) in [5, 5.41) is 0. The SMILES string of the molecule is CCCCC(CCC(C)(C)C)(CC(CC)C(C)C)CC(C)(C)CC. The lowest BCUT2D eigenvalue weighted by atomic mass is 9.61. The predicted molar refractivity (Wildman–Crippen MR) is 113 cm³/mol. The highest BCUT2D eigenvalue weighted by atomic mass is 14.4. The first kappa shape index (κ1) is 24.0. The molecule has 2 atom stereocenters. The molecule has 0 fully saturated rings. The summed E-state index contributed by atoms with van der Waals surface area (Å²) >= 11 is 0. The highest BCUT2D eigenvalue weighted by molar-refractivity contribution is 4.89. The quantitative estimate of drug-likeness (QED) is 0.333. The minimum absolute atomic E-state index is 0.452. The van der Waals surface area contributed by atoms with Crippen molar-refractivity contribution in [3.63, 3.8) is 0 Å². The van der Waals surface area contributed by atoms with Gasteiger partial charge in [-0.15, -0.1) is 0 Å². The summed E-state index contributed by atoms with van der Waals surface area (Å²) < 4.78 is 0. The molecule has 24 heavy (non-hydrogen) atoms. The van der Waals surface area contributed by atoms with Crippen LogP contribution in [0.15, 0.2) is 0 Å². The molecule has 0 heteroatoms. The Balaban J connectivity index is 5.54. The van der Waals surface area contributed by atoms with Crippen LogP contribution in [0.1, 0.15) is 127 Å². The Hall–Kier alpha value is 0. The van der Waals surface area contributed by atoms with E-state index >= 15 is 0 Å². The second-order valence-corrected chi connectivity index (χ2v) is 11.0. The molecule has 0 aromatic rings. The van der Waals surface area contributed by atoms with Crippen molar-refractivity contribution in [3.8, 4) is 0 Å². The van der Waals surface area contributed by atoms with Crippen LogP contribution in [0.3, 0.4) is 0 Å². The van der Waals surface area contributed by atoms with Crippen LogP contribution in [-0.2, 0) is 0 Å². The fourth-order valence-electron chi connectivity index (χ4n) is 4.32. The van der Waals surface area contributed by atoms with Gasteiger partial charge in [0, 0.05) is 0 Å². The van der Waals surface area contributed by atoms with Crippen molar-refractivity contribution in [2.24, 2.45) is 28.1 Å². The molecule has 0 N–H and O–H groups in total. The monoisotopic (exact) mass is 338 g/mol. The molecule has 0 rings (SSSR count). The standard InChI is InChI=1S/C24H50/c1-11-14-15-24(17-16-22(6,7)8,19-23(9,10)13-3)18-21(12-2)20(4)5/h20-21H,11-19H2,1-10H3. The van der Waals surface area contributed by atoms with E-state index in [1.165, 1.54) is 57.8 Å². The molecule has 2 unspecified atom stereocenters. The van der Waals surface area contributed by atoms with Crippen LogP contribution in [0.5, 0.6) is 0 Å². The van der Waals surface area contributed by atoms with Gasteiger partial charge in [0.1, 0.15) is 0 Å². The zero-order valence-electron chi connectivity index (χ0n) is 19.0. The molecule has 0 aliphatic rings. The maximum absolute atomic E-state index is 2.50. The van der Waals surface area contributed by atoms with Crippen molar-refractivity contribution in [2.75, 3.05) is 0 Å². The van der Waals surface area contributed by atoms with E-state index in [-0.39, 0.29) is 0 Å². The molecule has 0 spiro atoms. The van der Waals surface area contributed by atoms with E-state index < -0.39 is 0 Å². The number of rotatable bonds is 12. The zero-order chi connectivity index (χ0) is 19.0. The van der Waals surface area contributed by atoms with E-state index in [2.05, 4.69) is 69.2 Å². The maximum atomic E-state index is 2.50. The normalized spacial score (nSPS) is 17.1. The average Bonchev–Trinajstić information content (AvgIpc) is 2.47. The third-order valence-corrected chi connectivity index (χ3v) is 6.44. The smallest absolute Gasteiger partial charge is 0.0289 e. The molecular formula is C24H50. The van der Waals surface area contributed by atoms with Crippen LogP contribution in [-0.4, -0.2) is 0 Å². The van der Waals surface area contributed by atoms with Crippen molar-refractivity contribution < 1.29 is 0 Å². The summed E-state index contributed by atoms with van der Waals surface area (Å²) in [6, 6.07) is 0. The topological polar surface area (TPSA) is 0 Å². The van der Waals surface area contributed by atoms with E-state index in [0.29, 0.717) is 16.2 Å². The van der Waals surface area contributed by atoms with Crippen molar-refractivity contribution in [1.29, 1.82) is 0 Å². The van der Waals surface area contributed by atoms with E-state index in [9.17, 15) is 0 Å². The highest BCUT2D eigenvalue weighted by Crippen LogP contribution is 2.50. The third kappa shape index (κ3) is 9.47. The van der Waals surface area contributed by atoms with Crippen LogP contribution in [0.2, 0.25) is 0 Å². The van der Waals surface area contributed by atoms with E-state index in [4.69, 9.17) is 0 Å². The van der Waals surface area contributed by atoms with Gasteiger partial charge in [-0.25, -0.2) is 0 Å². The molecule has 0 nitrogen and oxygen atoms in total. The maximum Gasteiger partial charge on any atom is -0.0289 e. The van der Waals surface area contributed by atoms with Gasteiger partial charge in [-0.2, -0.15) is 0 Å². The number of hydrogen-bond acceptors (Lipinski definition) is 0. The van der Waals surface area contributed by atoms with Crippen LogP contribution >= 0.6 is 0 Å². The molecule has 0 saturated carbocycles. The first-order valence-corrected chi connectivity index (χ1v) is 10.9. The van der Waals surface area contributed by atoms with Crippen molar-refractivity contribution in [2.45, 2.75) is 127 Å². The van der Waals surface area contributed by atoms with Crippen LogP contribution < -0.4 is 0 Å².